The van der Waals surface area contributed by atoms with Crippen LogP contribution in [0.1, 0.15) is 50.3 Å². The van der Waals surface area contributed by atoms with E-state index in [-0.39, 0.29) is 11.9 Å². The molecule has 1 unspecified atom stereocenters. The number of amides is 1. The molecule has 1 saturated carbocycles. The van der Waals surface area contributed by atoms with Gasteiger partial charge >= 0.3 is 0 Å². The summed E-state index contributed by atoms with van der Waals surface area (Å²) in [5.74, 6) is 0.205. The van der Waals surface area contributed by atoms with Gasteiger partial charge in [-0.15, -0.1) is 0 Å². The number of carbonyl (C=O) groups excluding carboxylic acids is 1. The van der Waals surface area contributed by atoms with Gasteiger partial charge in [-0.3, -0.25) is 9.48 Å². The van der Waals surface area contributed by atoms with E-state index < -0.39 is 0 Å². The molecule has 1 aromatic heterocycles. The lowest BCUT2D eigenvalue weighted by molar-refractivity contribution is -0.128. The molecule has 110 valence electrons. The molecule has 1 N–H and O–H groups in total. The lowest BCUT2D eigenvalue weighted by atomic mass is 9.96. The van der Waals surface area contributed by atoms with Gasteiger partial charge in [0.25, 0.3) is 0 Å². The second kappa shape index (κ2) is 5.95. The Kier molecular flexibility index (Phi) is 4.05. The third-order valence-electron chi connectivity index (χ3n) is 4.57. The summed E-state index contributed by atoms with van der Waals surface area (Å²) in [6.07, 6.45) is 9.50. The van der Waals surface area contributed by atoms with Crippen LogP contribution in [0, 0.1) is 0 Å². The predicted molar refractivity (Wildman–Crippen MR) is 77.2 cm³/mol. The first-order valence-electron chi connectivity index (χ1n) is 7.76. The number of hydrogen-bond acceptors (Lipinski definition) is 3. The van der Waals surface area contributed by atoms with Crippen molar-refractivity contribution in [2.75, 3.05) is 13.6 Å². The van der Waals surface area contributed by atoms with Gasteiger partial charge in [0.15, 0.2) is 0 Å². The van der Waals surface area contributed by atoms with Gasteiger partial charge in [0.1, 0.15) is 0 Å². The Morgan fingerprint density at radius 2 is 2.10 bits per heavy atom. The number of nitrogens with one attached hydrogen (secondary N) is 1. The van der Waals surface area contributed by atoms with Crippen LogP contribution in [-0.4, -0.2) is 40.2 Å². The fourth-order valence-electron chi connectivity index (χ4n) is 3.26. The van der Waals surface area contributed by atoms with Crippen molar-refractivity contribution < 1.29 is 4.79 Å². The van der Waals surface area contributed by atoms with Gasteiger partial charge in [0, 0.05) is 26.3 Å². The molecule has 20 heavy (non-hydrogen) atoms. The molecule has 2 heterocycles. The third kappa shape index (κ3) is 2.87. The van der Waals surface area contributed by atoms with Crippen molar-refractivity contribution in [2.24, 2.45) is 0 Å². The van der Waals surface area contributed by atoms with Gasteiger partial charge in [-0.2, -0.15) is 5.10 Å². The highest BCUT2D eigenvalue weighted by Crippen LogP contribution is 2.27. The van der Waals surface area contributed by atoms with Gasteiger partial charge in [-0.1, -0.05) is 19.3 Å². The Hall–Kier alpha value is -1.36. The van der Waals surface area contributed by atoms with Crippen molar-refractivity contribution in [1.82, 2.24) is 20.0 Å². The average Bonchev–Trinajstić information content (AvgIpc) is 3.07. The Balaban J connectivity index is 1.53. The van der Waals surface area contributed by atoms with Crippen molar-refractivity contribution in [2.45, 2.75) is 57.2 Å². The lowest BCUT2D eigenvalue weighted by Crippen LogP contribution is -2.36. The summed E-state index contributed by atoms with van der Waals surface area (Å²) in [5.41, 5.74) is 1.04. The molecule has 1 amide bonds. The minimum Gasteiger partial charge on any atom is -0.344 e. The van der Waals surface area contributed by atoms with Gasteiger partial charge in [0.05, 0.1) is 17.8 Å². The molecule has 1 saturated heterocycles. The van der Waals surface area contributed by atoms with E-state index in [2.05, 4.69) is 27.4 Å². The Bertz CT molecular complexity index is 464. The molecule has 0 aromatic carbocycles. The highest BCUT2D eigenvalue weighted by Gasteiger charge is 2.28. The van der Waals surface area contributed by atoms with Gasteiger partial charge in [-0.25, -0.2) is 0 Å². The number of nitrogens with zero attached hydrogens (tertiary/aromatic N) is 3. The van der Waals surface area contributed by atoms with Crippen molar-refractivity contribution in [1.29, 1.82) is 0 Å². The quantitative estimate of drug-likeness (QED) is 0.911. The lowest BCUT2D eigenvalue weighted by Gasteiger charge is -2.21. The molecular formula is C15H24N4O. The zero-order valence-electron chi connectivity index (χ0n) is 12.2. The van der Waals surface area contributed by atoms with Crippen LogP contribution in [0.15, 0.2) is 12.3 Å². The standard InChI is InChI=1S/C15H24N4O/c1-18-9-8-14(15(18)20)16-11-12-7-10-19(17-12)13-5-3-2-4-6-13/h7,10,13-14,16H,2-6,8-9,11H2,1H3. The molecule has 5 heteroatoms. The zero-order valence-corrected chi connectivity index (χ0v) is 12.2. The van der Waals surface area contributed by atoms with Crippen LogP contribution in [0.5, 0.6) is 0 Å². The molecular weight excluding hydrogens is 252 g/mol. The number of aromatic nitrogens is 2. The average molecular weight is 276 g/mol. The number of carbonyl (C=O) groups is 1. The molecule has 5 nitrogen and oxygen atoms in total. The molecule has 1 atom stereocenters. The molecule has 0 bridgehead atoms. The first-order valence-corrected chi connectivity index (χ1v) is 7.76. The third-order valence-corrected chi connectivity index (χ3v) is 4.57. The zero-order chi connectivity index (χ0) is 13.9. The Morgan fingerprint density at radius 3 is 2.80 bits per heavy atom. The summed E-state index contributed by atoms with van der Waals surface area (Å²) in [5, 5.41) is 8.00. The molecule has 0 spiro atoms. The van der Waals surface area contributed by atoms with Crippen LogP contribution in [0.2, 0.25) is 0 Å². The molecule has 2 aliphatic rings. The SMILES string of the molecule is CN1CCC(NCc2ccn(C3CCCCC3)n2)C1=O. The van der Waals surface area contributed by atoms with Crippen LogP contribution < -0.4 is 5.32 Å². The van der Waals surface area contributed by atoms with Gasteiger partial charge in [-0.05, 0) is 25.3 Å². The van der Waals surface area contributed by atoms with Crippen LogP contribution in [0.4, 0.5) is 0 Å². The summed E-state index contributed by atoms with van der Waals surface area (Å²) in [6.45, 7) is 1.54. The van der Waals surface area contributed by atoms with Gasteiger partial charge < -0.3 is 10.2 Å². The fourth-order valence-corrected chi connectivity index (χ4v) is 3.26. The number of likely N-dealkylation sites (tertiary alicyclic amines) is 1. The molecule has 1 aliphatic heterocycles. The summed E-state index contributed by atoms with van der Waals surface area (Å²) in [6, 6.07) is 2.63. The van der Waals surface area contributed by atoms with Crippen molar-refractivity contribution in [3.05, 3.63) is 18.0 Å². The number of hydrogen-bond donors (Lipinski definition) is 1. The summed E-state index contributed by atoms with van der Waals surface area (Å²) in [4.78, 5) is 13.6. The van der Waals surface area contributed by atoms with Crippen LogP contribution in [0.3, 0.4) is 0 Å². The van der Waals surface area contributed by atoms with E-state index in [1.807, 2.05) is 7.05 Å². The normalized spacial score (nSPS) is 24.6. The van der Waals surface area contributed by atoms with Crippen molar-refractivity contribution >= 4 is 5.91 Å². The number of likely N-dealkylation sites (N-methyl/N-ethyl adjacent to an activating group) is 1. The van der Waals surface area contributed by atoms with E-state index in [0.29, 0.717) is 12.6 Å². The molecule has 2 fully saturated rings. The second-order valence-corrected chi connectivity index (χ2v) is 6.06. The van der Waals surface area contributed by atoms with Gasteiger partial charge in [0.2, 0.25) is 5.91 Å². The summed E-state index contributed by atoms with van der Waals surface area (Å²) < 4.78 is 2.12. The Labute approximate surface area is 120 Å². The summed E-state index contributed by atoms with van der Waals surface area (Å²) in [7, 11) is 1.86. The number of rotatable bonds is 4. The van der Waals surface area contributed by atoms with E-state index in [9.17, 15) is 4.79 Å². The maximum atomic E-state index is 11.8. The first-order chi connectivity index (χ1) is 9.74. The maximum Gasteiger partial charge on any atom is 0.239 e. The summed E-state index contributed by atoms with van der Waals surface area (Å²) >= 11 is 0. The second-order valence-electron chi connectivity index (χ2n) is 6.06. The van der Waals surface area contributed by atoms with Crippen molar-refractivity contribution in [3.63, 3.8) is 0 Å². The highest BCUT2D eigenvalue weighted by atomic mass is 16.2. The van der Waals surface area contributed by atoms with Crippen LogP contribution in [0.25, 0.3) is 0 Å². The van der Waals surface area contributed by atoms with E-state index in [1.54, 1.807) is 4.90 Å². The molecule has 3 rings (SSSR count). The highest BCUT2D eigenvalue weighted by molar-refractivity contribution is 5.83. The van der Waals surface area contributed by atoms with E-state index >= 15 is 0 Å². The monoisotopic (exact) mass is 276 g/mol. The van der Waals surface area contributed by atoms with E-state index in [4.69, 9.17) is 0 Å². The van der Waals surface area contributed by atoms with Crippen LogP contribution in [-0.2, 0) is 11.3 Å². The fraction of sp³-hybridized carbons (Fsp3) is 0.733. The maximum absolute atomic E-state index is 11.8. The topological polar surface area (TPSA) is 50.2 Å². The first kappa shape index (κ1) is 13.6. The molecule has 0 radical (unpaired) electrons. The van der Waals surface area contributed by atoms with Crippen LogP contribution >= 0.6 is 0 Å². The van der Waals surface area contributed by atoms with Crippen molar-refractivity contribution in [3.8, 4) is 0 Å². The largest absolute Gasteiger partial charge is 0.344 e. The Morgan fingerprint density at radius 1 is 1.30 bits per heavy atom. The molecule has 1 aromatic rings. The molecule has 1 aliphatic carbocycles. The minimum absolute atomic E-state index is 0.0279. The smallest absolute Gasteiger partial charge is 0.239 e. The van der Waals surface area contributed by atoms with E-state index in [0.717, 1.165) is 18.7 Å². The predicted octanol–water partition coefficient (Wildman–Crippen LogP) is 1.71. The minimum atomic E-state index is -0.0279. The van der Waals surface area contributed by atoms with E-state index in [1.165, 1.54) is 32.1 Å².